The predicted molar refractivity (Wildman–Crippen MR) is 290 cm³/mol. The van der Waals surface area contributed by atoms with Crippen LogP contribution in [0.5, 0.6) is 11.5 Å². The third-order valence-corrected chi connectivity index (χ3v) is 15.8. The van der Waals surface area contributed by atoms with Gasteiger partial charge in [0.15, 0.2) is 0 Å². The Morgan fingerprint density at radius 2 is 0.814 bits per heavy atom. The maximum absolute atomic E-state index is 6.42. The van der Waals surface area contributed by atoms with Crippen molar-refractivity contribution in [3.8, 4) is 56.1 Å². The second-order valence-corrected chi connectivity index (χ2v) is 20.3. The number of hydrogen-bond acceptors (Lipinski definition) is 3. The minimum atomic E-state index is -0.594. The monoisotopic (exact) mass is 918 g/mol. The third-order valence-electron chi connectivity index (χ3n) is 15.8. The molecule has 1 spiro atoms. The van der Waals surface area contributed by atoms with Crippen LogP contribution in [-0.4, -0.2) is 18.2 Å². The summed E-state index contributed by atoms with van der Waals surface area (Å²) in [5, 5.41) is 0. The summed E-state index contributed by atoms with van der Waals surface area (Å²) in [5.74, 6) is 1.85. The molecule has 70 heavy (non-hydrogen) atoms. The zero-order valence-electron chi connectivity index (χ0n) is 41.8. The van der Waals surface area contributed by atoms with E-state index < -0.39 is 10.8 Å². The van der Waals surface area contributed by atoms with E-state index in [1.165, 1.54) is 159 Å². The summed E-state index contributed by atoms with van der Waals surface area (Å²) in [6, 6.07) is 60.1. The van der Waals surface area contributed by atoms with Gasteiger partial charge in [-0.3, -0.25) is 4.98 Å². The fraction of sp³-hybridized carbons (Fsp3) is 0.299. The van der Waals surface area contributed by atoms with Crippen LogP contribution in [0.25, 0.3) is 44.6 Å². The minimum Gasteiger partial charge on any atom is -0.494 e. The molecule has 352 valence electrons. The van der Waals surface area contributed by atoms with Crippen LogP contribution in [0.4, 0.5) is 0 Å². The number of aryl methyl sites for hydroxylation is 2. The van der Waals surface area contributed by atoms with Gasteiger partial charge in [0.05, 0.1) is 29.7 Å². The van der Waals surface area contributed by atoms with Gasteiger partial charge in [-0.05, 0) is 147 Å². The number of aromatic nitrogens is 1. The summed E-state index contributed by atoms with van der Waals surface area (Å²) >= 11 is 0. The fourth-order valence-electron chi connectivity index (χ4n) is 12.4. The first-order chi connectivity index (χ1) is 34.5. The molecule has 1 atom stereocenters. The molecule has 11 rings (SSSR count). The first-order valence-electron chi connectivity index (χ1n) is 26.5. The Morgan fingerprint density at radius 3 is 1.36 bits per heavy atom. The van der Waals surface area contributed by atoms with Gasteiger partial charge in [-0.15, -0.1) is 0 Å². The zero-order valence-corrected chi connectivity index (χ0v) is 41.8. The van der Waals surface area contributed by atoms with Crippen LogP contribution in [0, 0.1) is 13.8 Å². The molecular weight excluding hydrogens is 851 g/mol. The Balaban J connectivity index is 1.03. The van der Waals surface area contributed by atoms with Crippen LogP contribution in [0.2, 0.25) is 0 Å². The van der Waals surface area contributed by atoms with E-state index in [0.29, 0.717) is 0 Å². The summed E-state index contributed by atoms with van der Waals surface area (Å²) < 4.78 is 12.8. The van der Waals surface area contributed by atoms with Crippen LogP contribution < -0.4 is 9.47 Å². The van der Waals surface area contributed by atoms with E-state index in [-0.39, 0.29) is 0 Å². The number of fused-ring (bicyclic) bond motifs is 13. The van der Waals surface area contributed by atoms with Crippen molar-refractivity contribution in [3.63, 3.8) is 0 Å². The first kappa shape index (κ1) is 45.7. The quantitative estimate of drug-likeness (QED) is 0.0758. The van der Waals surface area contributed by atoms with Gasteiger partial charge in [0.1, 0.15) is 11.5 Å². The summed E-state index contributed by atoms with van der Waals surface area (Å²) in [6.07, 6.45) is 16.9. The lowest BCUT2D eigenvalue weighted by molar-refractivity contribution is 0.304. The summed E-state index contributed by atoms with van der Waals surface area (Å²) in [7, 11) is 0. The van der Waals surface area contributed by atoms with Crippen molar-refractivity contribution in [2.75, 3.05) is 13.2 Å². The van der Waals surface area contributed by atoms with Crippen LogP contribution in [0.1, 0.15) is 147 Å². The highest BCUT2D eigenvalue weighted by molar-refractivity contribution is 5.96. The third kappa shape index (κ3) is 7.77. The summed E-state index contributed by atoms with van der Waals surface area (Å²) in [4.78, 5) is 5.06. The smallest absolute Gasteiger partial charge is 0.119 e. The summed E-state index contributed by atoms with van der Waals surface area (Å²) in [5.41, 5.74) is 21.6. The van der Waals surface area contributed by atoms with Gasteiger partial charge in [0.2, 0.25) is 0 Å². The summed E-state index contributed by atoms with van der Waals surface area (Å²) in [6.45, 7) is 10.5. The number of pyridine rings is 1. The Hall–Kier alpha value is -6.71. The van der Waals surface area contributed by atoms with Crippen molar-refractivity contribution in [2.24, 2.45) is 0 Å². The molecule has 0 aliphatic heterocycles. The molecular formula is C67H67NO2. The van der Waals surface area contributed by atoms with Crippen molar-refractivity contribution in [3.05, 3.63) is 220 Å². The molecule has 1 unspecified atom stereocenters. The van der Waals surface area contributed by atoms with Crippen LogP contribution >= 0.6 is 0 Å². The maximum atomic E-state index is 6.42. The second-order valence-electron chi connectivity index (χ2n) is 20.3. The average molecular weight is 918 g/mol. The molecule has 3 heteroatoms. The molecule has 8 aromatic rings. The molecule has 0 bridgehead atoms. The lowest BCUT2D eigenvalue weighted by atomic mass is 9.67. The molecule has 7 aromatic carbocycles. The number of nitrogens with zero attached hydrogens (tertiary/aromatic N) is 1. The number of rotatable bonds is 19. The lowest BCUT2D eigenvalue weighted by Crippen LogP contribution is -2.28. The number of hydrogen-bond donors (Lipinski definition) is 0. The van der Waals surface area contributed by atoms with Crippen molar-refractivity contribution >= 4 is 0 Å². The van der Waals surface area contributed by atoms with Crippen molar-refractivity contribution in [1.29, 1.82) is 0 Å². The van der Waals surface area contributed by atoms with E-state index in [1.54, 1.807) is 0 Å². The fourth-order valence-corrected chi connectivity index (χ4v) is 12.4. The highest BCUT2D eigenvalue weighted by Gasteiger charge is 2.52. The van der Waals surface area contributed by atoms with Crippen molar-refractivity contribution in [1.82, 2.24) is 4.98 Å². The first-order valence-corrected chi connectivity index (χ1v) is 26.5. The van der Waals surface area contributed by atoms with E-state index in [2.05, 4.69) is 185 Å². The molecule has 3 aliphatic rings. The van der Waals surface area contributed by atoms with E-state index in [1.807, 2.05) is 6.20 Å². The number of unbranched alkanes of at least 4 members (excludes halogenated alkanes) is 10. The van der Waals surface area contributed by atoms with Gasteiger partial charge < -0.3 is 9.47 Å². The van der Waals surface area contributed by atoms with Gasteiger partial charge in [-0.25, -0.2) is 0 Å². The lowest BCUT2D eigenvalue weighted by Gasteiger charge is -2.34. The zero-order chi connectivity index (χ0) is 47.7. The Morgan fingerprint density at radius 1 is 0.371 bits per heavy atom. The molecule has 0 saturated heterocycles. The van der Waals surface area contributed by atoms with Gasteiger partial charge >= 0.3 is 0 Å². The molecule has 0 N–H and O–H groups in total. The Labute approximate surface area is 417 Å². The SMILES string of the molecule is CCCCCCCCOc1ccc(C2(c3ccc(OCCCCCCCC)cc3)c3cc(C)ccc3-c3ccc(-c4ccc5c(c4)C4(c6cc(C)ccc6-5)c5ccccc5-c5ncccc54)cc32)cc1. The van der Waals surface area contributed by atoms with Crippen LogP contribution in [0.15, 0.2) is 164 Å². The van der Waals surface area contributed by atoms with E-state index in [4.69, 9.17) is 14.5 Å². The van der Waals surface area contributed by atoms with Gasteiger partial charge in [-0.2, -0.15) is 0 Å². The molecule has 0 fully saturated rings. The van der Waals surface area contributed by atoms with E-state index >= 15 is 0 Å². The molecule has 1 aromatic heterocycles. The standard InChI is InChI=1S/C67H67NO2/c1-5-7-9-11-13-17-40-69-52-31-27-50(28-32-52)66(51-29-33-53(34-30-51)70-41-18-14-12-10-8-6-2)61-42-46(3)23-35-54(61)56-37-25-48(44-63(56)66)49-26-38-57-55-36-24-47(4)43-62(55)67(64(57)45-49)59-21-16-15-20-58(59)65-60(67)22-19-39-68-65/h15-16,19-39,42-45H,5-14,17-18,40-41H2,1-4H3. The van der Waals surface area contributed by atoms with Crippen molar-refractivity contribution < 1.29 is 9.47 Å². The Kier molecular flexibility index (Phi) is 12.8. The highest BCUT2D eigenvalue weighted by atomic mass is 16.5. The Bertz CT molecular complexity index is 3050. The van der Waals surface area contributed by atoms with Gasteiger partial charge in [0.25, 0.3) is 0 Å². The van der Waals surface area contributed by atoms with E-state index in [9.17, 15) is 0 Å². The minimum absolute atomic E-state index is 0.473. The molecule has 3 aliphatic carbocycles. The number of benzene rings is 7. The van der Waals surface area contributed by atoms with Crippen LogP contribution in [-0.2, 0) is 10.8 Å². The molecule has 0 saturated carbocycles. The van der Waals surface area contributed by atoms with Gasteiger partial charge in [-0.1, -0.05) is 204 Å². The normalized spacial score (nSPS) is 15.3. The maximum Gasteiger partial charge on any atom is 0.119 e. The van der Waals surface area contributed by atoms with Crippen LogP contribution in [0.3, 0.4) is 0 Å². The second kappa shape index (κ2) is 19.6. The topological polar surface area (TPSA) is 31.4 Å². The molecule has 0 amide bonds. The van der Waals surface area contributed by atoms with Gasteiger partial charge in [0, 0.05) is 11.8 Å². The molecule has 1 heterocycles. The number of ether oxygens (including phenoxy) is 2. The van der Waals surface area contributed by atoms with Crippen molar-refractivity contribution in [2.45, 2.75) is 116 Å². The average Bonchev–Trinajstić information content (AvgIpc) is 3.97. The van der Waals surface area contributed by atoms with E-state index in [0.717, 1.165) is 43.2 Å². The molecule has 0 radical (unpaired) electrons. The largest absolute Gasteiger partial charge is 0.494 e. The predicted octanol–water partition coefficient (Wildman–Crippen LogP) is 17.6. The highest BCUT2D eigenvalue weighted by Crippen LogP contribution is 2.63. The molecule has 3 nitrogen and oxygen atoms in total.